The summed E-state index contributed by atoms with van der Waals surface area (Å²) >= 11 is 1.11. The summed E-state index contributed by atoms with van der Waals surface area (Å²) in [7, 11) is -3.31. The van der Waals surface area contributed by atoms with Crippen LogP contribution in [0.3, 0.4) is 0 Å². The lowest BCUT2D eigenvalue weighted by molar-refractivity contribution is -0.122. The number of benzene rings is 1. The molecule has 1 unspecified atom stereocenters. The number of amides is 1. The second-order valence-corrected chi connectivity index (χ2v) is 7.92. The Kier molecular flexibility index (Phi) is 4.84. The number of phenolic OH excluding ortho intramolecular Hbond substituents is 1. The molecule has 0 saturated heterocycles. The fourth-order valence-electron chi connectivity index (χ4n) is 1.94. The van der Waals surface area contributed by atoms with Gasteiger partial charge in [-0.25, -0.2) is 8.42 Å². The third kappa shape index (κ3) is 3.85. The van der Waals surface area contributed by atoms with Gasteiger partial charge in [0.15, 0.2) is 9.84 Å². The molecular weight excluding hydrogens is 324 g/mol. The Morgan fingerprint density at radius 2 is 2.14 bits per heavy atom. The Labute approximate surface area is 132 Å². The van der Waals surface area contributed by atoms with Crippen LogP contribution in [0.5, 0.6) is 5.75 Å². The van der Waals surface area contributed by atoms with Gasteiger partial charge in [0, 0.05) is 18.4 Å². The zero-order chi connectivity index (χ0) is 16.3. The van der Waals surface area contributed by atoms with Crippen LogP contribution < -0.4 is 11.1 Å². The highest BCUT2D eigenvalue weighted by Gasteiger charge is 2.19. The van der Waals surface area contributed by atoms with Crippen LogP contribution in [-0.4, -0.2) is 25.7 Å². The maximum atomic E-state index is 12.0. The molecule has 8 heteroatoms. The standard InChI is InChI=1S/C14H16N2O4S2/c1-22(19,20)14-10(5-6-21-14)8-16-13(18)12(15)9-3-2-4-11(17)7-9/h2-7,12,17H,8,15H2,1H3,(H,16,18). The number of hydrogen-bond acceptors (Lipinski definition) is 6. The van der Waals surface area contributed by atoms with Crippen molar-refractivity contribution in [3.63, 3.8) is 0 Å². The summed E-state index contributed by atoms with van der Waals surface area (Å²) in [6, 6.07) is 6.84. The molecule has 22 heavy (non-hydrogen) atoms. The van der Waals surface area contributed by atoms with Gasteiger partial charge in [-0.2, -0.15) is 0 Å². The topological polar surface area (TPSA) is 109 Å². The van der Waals surface area contributed by atoms with E-state index in [2.05, 4.69) is 5.32 Å². The van der Waals surface area contributed by atoms with Crippen LogP contribution in [0.4, 0.5) is 0 Å². The molecule has 0 fully saturated rings. The first-order valence-corrected chi connectivity index (χ1v) is 9.15. The van der Waals surface area contributed by atoms with E-state index in [9.17, 15) is 18.3 Å². The summed E-state index contributed by atoms with van der Waals surface area (Å²) in [6.07, 6.45) is 1.13. The van der Waals surface area contributed by atoms with E-state index in [0.717, 1.165) is 17.6 Å². The number of aromatic hydroxyl groups is 1. The van der Waals surface area contributed by atoms with E-state index in [0.29, 0.717) is 11.1 Å². The van der Waals surface area contributed by atoms with Crippen molar-refractivity contribution in [3.05, 3.63) is 46.8 Å². The van der Waals surface area contributed by atoms with Gasteiger partial charge in [0.25, 0.3) is 0 Å². The average molecular weight is 340 g/mol. The van der Waals surface area contributed by atoms with Crippen molar-refractivity contribution in [2.75, 3.05) is 6.26 Å². The first-order valence-electron chi connectivity index (χ1n) is 6.37. The lowest BCUT2D eigenvalue weighted by Crippen LogP contribution is -2.33. The highest BCUT2D eigenvalue weighted by atomic mass is 32.2. The van der Waals surface area contributed by atoms with Crippen LogP contribution >= 0.6 is 11.3 Å². The zero-order valence-corrected chi connectivity index (χ0v) is 13.4. The molecule has 6 nitrogen and oxygen atoms in total. The van der Waals surface area contributed by atoms with Gasteiger partial charge in [0.05, 0.1) is 0 Å². The van der Waals surface area contributed by atoms with E-state index in [1.807, 2.05) is 0 Å². The van der Waals surface area contributed by atoms with Crippen LogP contribution in [0.2, 0.25) is 0 Å². The van der Waals surface area contributed by atoms with E-state index in [4.69, 9.17) is 5.73 Å². The number of sulfone groups is 1. The number of nitrogens with two attached hydrogens (primary N) is 1. The molecule has 1 aromatic heterocycles. The maximum Gasteiger partial charge on any atom is 0.241 e. The molecule has 2 aromatic rings. The molecule has 118 valence electrons. The smallest absolute Gasteiger partial charge is 0.241 e. The molecule has 1 aromatic carbocycles. The van der Waals surface area contributed by atoms with Crippen LogP contribution in [0.25, 0.3) is 0 Å². The fraction of sp³-hybridized carbons (Fsp3) is 0.214. The lowest BCUT2D eigenvalue weighted by Gasteiger charge is -2.13. The van der Waals surface area contributed by atoms with Gasteiger partial charge >= 0.3 is 0 Å². The van der Waals surface area contributed by atoms with E-state index in [1.54, 1.807) is 23.6 Å². The molecule has 1 heterocycles. The minimum Gasteiger partial charge on any atom is -0.508 e. The molecule has 0 radical (unpaired) electrons. The number of thiophene rings is 1. The monoisotopic (exact) mass is 340 g/mol. The van der Waals surface area contributed by atoms with Gasteiger partial charge in [-0.05, 0) is 29.1 Å². The molecule has 1 atom stereocenters. The average Bonchev–Trinajstić information content (AvgIpc) is 2.92. The first-order chi connectivity index (χ1) is 10.3. The van der Waals surface area contributed by atoms with Gasteiger partial charge in [-0.15, -0.1) is 11.3 Å². The normalized spacial score (nSPS) is 12.8. The summed E-state index contributed by atoms with van der Waals surface area (Å²) in [4.78, 5) is 12.0. The van der Waals surface area contributed by atoms with Gasteiger partial charge in [0.2, 0.25) is 5.91 Å². The molecule has 0 aliphatic rings. The van der Waals surface area contributed by atoms with Crippen molar-refractivity contribution in [2.24, 2.45) is 5.73 Å². The van der Waals surface area contributed by atoms with Crippen molar-refractivity contribution in [1.82, 2.24) is 5.32 Å². The van der Waals surface area contributed by atoms with E-state index in [-0.39, 0.29) is 16.5 Å². The Balaban J connectivity index is 2.06. The van der Waals surface area contributed by atoms with Gasteiger partial charge < -0.3 is 16.2 Å². The highest BCUT2D eigenvalue weighted by molar-refractivity contribution is 7.92. The van der Waals surface area contributed by atoms with Gasteiger partial charge in [-0.1, -0.05) is 12.1 Å². The SMILES string of the molecule is CS(=O)(=O)c1sccc1CNC(=O)C(N)c1cccc(O)c1. The second kappa shape index (κ2) is 6.47. The number of nitrogens with one attached hydrogen (secondary N) is 1. The van der Waals surface area contributed by atoms with Crippen molar-refractivity contribution in [2.45, 2.75) is 16.8 Å². The predicted molar refractivity (Wildman–Crippen MR) is 84.3 cm³/mol. The minimum absolute atomic E-state index is 0.0259. The number of carbonyl (C=O) groups excluding carboxylic acids is 1. The third-order valence-electron chi connectivity index (χ3n) is 3.01. The Morgan fingerprint density at radius 1 is 1.41 bits per heavy atom. The molecular formula is C14H16N2O4S2. The summed E-state index contributed by atoms with van der Waals surface area (Å²) in [5, 5.41) is 13.7. The zero-order valence-electron chi connectivity index (χ0n) is 11.8. The number of hydrogen-bond donors (Lipinski definition) is 3. The molecule has 0 saturated carbocycles. The fourth-order valence-corrected chi connectivity index (χ4v) is 4.07. The van der Waals surface area contributed by atoms with Crippen molar-refractivity contribution < 1.29 is 18.3 Å². The maximum absolute atomic E-state index is 12.0. The summed E-state index contributed by atoms with van der Waals surface area (Å²) < 4.78 is 23.4. The van der Waals surface area contributed by atoms with Gasteiger partial charge in [-0.3, -0.25) is 4.79 Å². The van der Waals surface area contributed by atoms with Crippen LogP contribution in [0.15, 0.2) is 39.9 Å². The Bertz CT molecular complexity index is 784. The van der Waals surface area contributed by atoms with Crippen molar-refractivity contribution in [1.29, 1.82) is 0 Å². The first kappa shape index (κ1) is 16.5. The Morgan fingerprint density at radius 3 is 2.77 bits per heavy atom. The van der Waals surface area contributed by atoms with Crippen molar-refractivity contribution in [3.8, 4) is 5.75 Å². The van der Waals surface area contributed by atoms with Gasteiger partial charge in [0.1, 0.15) is 16.0 Å². The molecule has 4 N–H and O–H groups in total. The molecule has 2 rings (SSSR count). The molecule has 0 aliphatic heterocycles. The molecule has 1 amide bonds. The molecule has 0 aliphatic carbocycles. The second-order valence-electron chi connectivity index (χ2n) is 4.80. The highest BCUT2D eigenvalue weighted by Crippen LogP contribution is 2.23. The van der Waals surface area contributed by atoms with Crippen LogP contribution in [-0.2, 0) is 21.2 Å². The summed E-state index contributed by atoms with van der Waals surface area (Å²) in [5.41, 5.74) is 6.84. The van der Waals surface area contributed by atoms with E-state index >= 15 is 0 Å². The quantitative estimate of drug-likeness (QED) is 0.757. The summed E-state index contributed by atoms with van der Waals surface area (Å²) in [6.45, 7) is 0.0806. The van der Waals surface area contributed by atoms with Crippen LogP contribution in [0.1, 0.15) is 17.2 Å². The molecule has 0 spiro atoms. The van der Waals surface area contributed by atoms with E-state index < -0.39 is 21.8 Å². The molecule has 0 bridgehead atoms. The lowest BCUT2D eigenvalue weighted by atomic mass is 10.1. The van der Waals surface area contributed by atoms with Crippen molar-refractivity contribution >= 4 is 27.1 Å². The Hall–Kier alpha value is -1.90. The number of phenols is 1. The minimum atomic E-state index is -3.31. The number of carbonyl (C=O) groups is 1. The summed E-state index contributed by atoms with van der Waals surface area (Å²) in [5.74, 6) is -0.422. The predicted octanol–water partition coefficient (Wildman–Crippen LogP) is 1.17. The van der Waals surface area contributed by atoms with Crippen LogP contribution in [0, 0.1) is 0 Å². The number of rotatable bonds is 5. The third-order valence-corrected chi connectivity index (χ3v) is 5.89. The van der Waals surface area contributed by atoms with E-state index in [1.165, 1.54) is 12.1 Å². The largest absolute Gasteiger partial charge is 0.508 e.